The van der Waals surface area contributed by atoms with Gasteiger partial charge in [-0.1, -0.05) is 78.3 Å². The zero-order valence-electron chi connectivity index (χ0n) is 31.6. The van der Waals surface area contributed by atoms with E-state index >= 15 is 0 Å². The lowest BCUT2D eigenvalue weighted by Crippen LogP contribution is -2.54. The Morgan fingerprint density at radius 1 is 0.979 bits per heavy atom. The average Bonchev–Trinajstić information content (AvgIpc) is 3.52. The minimum Gasteiger partial charge on any atom is -0.458 e. The van der Waals surface area contributed by atoms with E-state index in [1.54, 1.807) is 46.8 Å². The Hall–Kier alpha value is -2.98. The van der Waals surface area contributed by atoms with E-state index in [4.69, 9.17) is 14.2 Å². The first-order valence-corrected chi connectivity index (χ1v) is 17.7. The smallest absolute Gasteiger partial charge is 0.329 e. The summed E-state index contributed by atoms with van der Waals surface area (Å²) >= 11 is 0. The van der Waals surface area contributed by atoms with Crippen LogP contribution in [0.2, 0.25) is 0 Å². The molecule has 0 spiro atoms. The zero-order chi connectivity index (χ0) is 36.3. The van der Waals surface area contributed by atoms with Crippen molar-refractivity contribution in [3.63, 3.8) is 0 Å². The van der Waals surface area contributed by atoms with Gasteiger partial charge in [0.05, 0.1) is 36.6 Å². The number of ether oxygens (including phenoxy) is 3. The van der Waals surface area contributed by atoms with Gasteiger partial charge in [-0.3, -0.25) is 14.4 Å². The largest absolute Gasteiger partial charge is 0.458 e. The van der Waals surface area contributed by atoms with Gasteiger partial charge < -0.3 is 29.3 Å². The van der Waals surface area contributed by atoms with Crippen molar-refractivity contribution in [2.75, 3.05) is 27.8 Å². The number of hydrogen-bond donors (Lipinski definition) is 1. The molecule has 0 aliphatic carbocycles. The Labute approximate surface area is 289 Å². The summed E-state index contributed by atoms with van der Waals surface area (Å²) in [5.74, 6) is -1.44. The molecule has 10 heteroatoms. The van der Waals surface area contributed by atoms with Crippen LogP contribution in [0, 0.1) is 23.7 Å². The second kappa shape index (κ2) is 18.7. The SMILES string of the molecule is CC[C@H](C)[C@@H](C(CC(=O)N1CCCC1C(OC)C(C)C(=O)N[C@@H](Cc1ccccc1)C(=O)OC(C)(C)C)OC)N(C)C(=O)[C@@H](C)C(C)C. The van der Waals surface area contributed by atoms with Gasteiger partial charge in [0.25, 0.3) is 0 Å². The van der Waals surface area contributed by atoms with Gasteiger partial charge in [-0.2, -0.15) is 0 Å². The van der Waals surface area contributed by atoms with Crippen LogP contribution in [-0.4, -0.2) is 97.2 Å². The maximum atomic E-state index is 14.0. The van der Waals surface area contributed by atoms with Crippen LogP contribution in [0.4, 0.5) is 0 Å². The van der Waals surface area contributed by atoms with Crippen molar-refractivity contribution in [1.29, 1.82) is 0 Å². The minimum atomic E-state index is -0.890. The van der Waals surface area contributed by atoms with Crippen molar-refractivity contribution >= 4 is 23.7 Å². The molecule has 3 amide bonds. The van der Waals surface area contributed by atoms with Crippen LogP contribution in [0.5, 0.6) is 0 Å². The van der Waals surface area contributed by atoms with Crippen LogP contribution in [0.25, 0.3) is 0 Å². The molecule has 0 radical (unpaired) electrons. The van der Waals surface area contributed by atoms with Crippen LogP contribution >= 0.6 is 0 Å². The third kappa shape index (κ3) is 11.3. The highest BCUT2D eigenvalue weighted by molar-refractivity contribution is 5.86. The molecule has 1 aliphatic rings. The van der Waals surface area contributed by atoms with Gasteiger partial charge in [-0.05, 0) is 51.0 Å². The van der Waals surface area contributed by atoms with Crippen molar-refractivity contribution in [2.45, 2.75) is 130 Å². The summed E-state index contributed by atoms with van der Waals surface area (Å²) in [5.41, 5.74) is 0.178. The summed E-state index contributed by atoms with van der Waals surface area (Å²) in [6.45, 7) is 17.9. The Morgan fingerprint density at radius 3 is 2.12 bits per heavy atom. The van der Waals surface area contributed by atoms with Crippen molar-refractivity contribution < 1.29 is 33.4 Å². The monoisotopic (exact) mass is 673 g/mol. The molecule has 272 valence electrons. The first-order valence-electron chi connectivity index (χ1n) is 17.7. The molecule has 0 saturated carbocycles. The summed E-state index contributed by atoms with van der Waals surface area (Å²) in [5, 5.41) is 2.93. The maximum Gasteiger partial charge on any atom is 0.329 e. The van der Waals surface area contributed by atoms with Gasteiger partial charge in [0.15, 0.2) is 0 Å². The third-order valence-electron chi connectivity index (χ3n) is 9.94. The fourth-order valence-electron chi connectivity index (χ4n) is 6.63. The molecule has 0 aromatic heterocycles. The van der Waals surface area contributed by atoms with Crippen LogP contribution in [0.1, 0.15) is 93.6 Å². The Balaban J connectivity index is 2.26. The quantitative estimate of drug-likeness (QED) is 0.224. The zero-order valence-corrected chi connectivity index (χ0v) is 31.6. The number of esters is 1. The fourth-order valence-corrected chi connectivity index (χ4v) is 6.63. The van der Waals surface area contributed by atoms with Crippen molar-refractivity contribution in [2.24, 2.45) is 23.7 Å². The number of methoxy groups -OCH3 is 2. The molecule has 4 unspecified atom stereocenters. The van der Waals surface area contributed by atoms with Gasteiger partial charge in [-0.15, -0.1) is 0 Å². The van der Waals surface area contributed by atoms with E-state index < -0.39 is 35.7 Å². The van der Waals surface area contributed by atoms with Gasteiger partial charge in [0.1, 0.15) is 11.6 Å². The highest BCUT2D eigenvalue weighted by atomic mass is 16.6. The molecule has 1 aromatic rings. The fraction of sp³-hybridized carbons (Fsp3) is 0.737. The minimum absolute atomic E-state index is 0.0417. The highest BCUT2D eigenvalue weighted by Gasteiger charge is 2.43. The van der Waals surface area contributed by atoms with Crippen molar-refractivity contribution in [3.8, 4) is 0 Å². The van der Waals surface area contributed by atoms with Gasteiger partial charge >= 0.3 is 5.97 Å². The van der Waals surface area contributed by atoms with Gasteiger partial charge in [0.2, 0.25) is 17.7 Å². The van der Waals surface area contributed by atoms with E-state index in [0.29, 0.717) is 13.0 Å². The first-order chi connectivity index (χ1) is 22.5. The standard InChI is InChI=1S/C38H63N3O7/c1-13-25(4)33(40(10)36(44)26(5)24(2)3)31(46-11)23-32(42)41-21-17-20-30(41)34(47-12)27(6)35(43)39-29(37(45)48-38(7,8)9)22-28-18-15-14-16-19-28/h14-16,18-19,24-27,29-31,33-34H,13,17,20-23H2,1-12H3,(H,39,43)/t25-,26-,27?,29-,30?,31?,33-,34?/m0/s1. The molecule has 1 heterocycles. The van der Waals surface area contributed by atoms with E-state index in [-0.39, 0.29) is 60.4 Å². The molecule has 8 atom stereocenters. The topological polar surface area (TPSA) is 114 Å². The summed E-state index contributed by atoms with van der Waals surface area (Å²) < 4.78 is 17.6. The van der Waals surface area contributed by atoms with E-state index in [2.05, 4.69) is 19.2 Å². The van der Waals surface area contributed by atoms with Crippen molar-refractivity contribution in [3.05, 3.63) is 35.9 Å². The first kappa shape index (κ1) is 41.2. The number of rotatable bonds is 17. The molecule has 2 rings (SSSR count). The number of likely N-dealkylation sites (N-methyl/N-ethyl adjacent to an activating group) is 1. The normalized spacial score (nSPS) is 19.5. The summed E-state index contributed by atoms with van der Waals surface area (Å²) in [4.78, 5) is 58.0. The molecular formula is C38H63N3O7. The number of benzene rings is 1. The molecule has 0 bridgehead atoms. The average molecular weight is 674 g/mol. The predicted molar refractivity (Wildman–Crippen MR) is 188 cm³/mol. The lowest BCUT2D eigenvalue weighted by Gasteiger charge is -2.40. The van der Waals surface area contributed by atoms with E-state index in [1.807, 2.05) is 63.1 Å². The van der Waals surface area contributed by atoms with E-state index in [0.717, 1.165) is 18.4 Å². The molecule has 48 heavy (non-hydrogen) atoms. The predicted octanol–water partition coefficient (Wildman–Crippen LogP) is 5.27. The van der Waals surface area contributed by atoms with Crippen LogP contribution in [-0.2, 0) is 39.8 Å². The number of likely N-dealkylation sites (tertiary alicyclic amines) is 1. The highest BCUT2D eigenvalue weighted by Crippen LogP contribution is 2.30. The van der Waals surface area contributed by atoms with Gasteiger partial charge in [0, 0.05) is 40.2 Å². The molecule has 1 aliphatic heterocycles. The van der Waals surface area contributed by atoms with E-state index in [9.17, 15) is 19.2 Å². The summed E-state index contributed by atoms with van der Waals surface area (Å²) in [6, 6.07) is 7.98. The second-order valence-electron chi connectivity index (χ2n) is 14.9. The molecule has 10 nitrogen and oxygen atoms in total. The lowest BCUT2D eigenvalue weighted by molar-refractivity contribution is -0.159. The third-order valence-corrected chi connectivity index (χ3v) is 9.94. The number of nitrogens with zero attached hydrogens (tertiary/aromatic N) is 2. The number of carbonyl (C=O) groups excluding carboxylic acids is 4. The Morgan fingerprint density at radius 2 is 1.60 bits per heavy atom. The second-order valence-corrected chi connectivity index (χ2v) is 14.9. The molecular weight excluding hydrogens is 610 g/mol. The number of amides is 3. The Kier molecular flexibility index (Phi) is 16.0. The molecule has 1 N–H and O–H groups in total. The van der Waals surface area contributed by atoms with Crippen LogP contribution in [0.3, 0.4) is 0 Å². The Bertz CT molecular complexity index is 1180. The van der Waals surface area contributed by atoms with Crippen molar-refractivity contribution in [1.82, 2.24) is 15.1 Å². The number of carbonyl (C=O) groups is 4. The lowest BCUT2D eigenvalue weighted by atomic mass is 9.88. The van der Waals surface area contributed by atoms with Gasteiger partial charge in [-0.25, -0.2) is 4.79 Å². The van der Waals surface area contributed by atoms with Crippen LogP contribution in [0.15, 0.2) is 30.3 Å². The maximum absolute atomic E-state index is 14.0. The summed E-state index contributed by atoms with van der Waals surface area (Å²) in [7, 11) is 4.97. The molecule has 1 saturated heterocycles. The number of hydrogen-bond acceptors (Lipinski definition) is 7. The number of nitrogens with one attached hydrogen (secondary N) is 1. The molecule has 1 aromatic carbocycles. The molecule has 1 fully saturated rings. The summed E-state index contributed by atoms with van der Waals surface area (Å²) in [6.07, 6.45) is 1.55. The van der Waals surface area contributed by atoms with Crippen LogP contribution < -0.4 is 5.32 Å². The van der Waals surface area contributed by atoms with E-state index in [1.165, 1.54) is 0 Å².